The molecule has 0 bridgehead atoms. The van der Waals surface area contributed by atoms with Crippen molar-refractivity contribution in [1.82, 2.24) is 0 Å². The van der Waals surface area contributed by atoms with E-state index in [0.29, 0.717) is 0 Å². The summed E-state index contributed by atoms with van der Waals surface area (Å²) in [5, 5.41) is 0. The molecule has 4 atom stereocenters. The minimum atomic E-state index is 0.753. The maximum absolute atomic E-state index is 2.53. The van der Waals surface area contributed by atoms with Crippen LogP contribution in [0.15, 0.2) is 46.6 Å². The monoisotopic (exact) mass is 226 g/mol. The van der Waals surface area contributed by atoms with Gasteiger partial charge in [-0.05, 0) is 57.8 Å². The summed E-state index contributed by atoms with van der Waals surface area (Å²) in [6, 6.07) is 0. The van der Waals surface area contributed by atoms with Gasteiger partial charge < -0.3 is 0 Å². The topological polar surface area (TPSA) is 0 Å². The van der Waals surface area contributed by atoms with Crippen molar-refractivity contribution in [2.75, 3.05) is 0 Å². The molecule has 0 saturated heterocycles. The fourth-order valence-electron chi connectivity index (χ4n) is 3.77. The van der Waals surface area contributed by atoms with Crippen molar-refractivity contribution >= 4 is 0 Å². The zero-order valence-corrected chi connectivity index (χ0v) is 11.3. The van der Waals surface area contributed by atoms with Gasteiger partial charge in [0.25, 0.3) is 0 Å². The second kappa shape index (κ2) is 3.73. The predicted octanol–water partition coefficient (Wildman–Crippen LogP) is 4.67. The van der Waals surface area contributed by atoms with Crippen molar-refractivity contribution < 1.29 is 0 Å². The molecule has 0 heterocycles. The van der Waals surface area contributed by atoms with Gasteiger partial charge in [0.2, 0.25) is 0 Å². The molecular formula is C17H22. The van der Waals surface area contributed by atoms with E-state index in [1.165, 1.54) is 28.7 Å². The van der Waals surface area contributed by atoms with Crippen molar-refractivity contribution in [3.8, 4) is 0 Å². The van der Waals surface area contributed by atoms with Gasteiger partial charge in [-0.2, -0.15) is 0 Å². The molecule has 3 aliphatic rings. The van der Waals surface area contributed by atoms with Crippen LogP contribution < -0.4 is 0 Å². The maximum atomic E-state index is 2.53. The summed E-state index contributed by atoms with van der Waals surface area (Å²) in [6.45, 7) is 9.03. The summed E-state index contributed by atoms with van der Waals surface area (Å²) in [4.78, 5) is 0. The normalized spacial score (nSPS) is 39.8. The SMILES string of the molecule is CC1=CC2CC3C=C(C)C(C)=CC3C2C=C1C. The van der Waals surface area contributed by atoms with Gasteiger partial charge in [-0.15, -0.1) is 0 Å². The van der Waals surface area contributed by atoms with E-state index in [4.69, 9.17) is 0 Å². The first-order valence-corrected chi connectivity index (χ1v) is 6.80. The summed E-state index contributed by atoms with van der Waals surface area (Å²) in [7, 11) is 0. The van der Waals surface area contributed by atoms with E-state index in [9.17, 15) is 0 Å². The number of rotatable bonds is 0. The lowest BCUT2D eigenvalue weighted by Crippen LogP contribution is -2.17. The molecule has 0 aliphatic heterocycles. The summed E-state index contributed by atoms with van der Waals surface area (Å²) < 4.78 is 0. The summed E-state index contributed by atoms with van der Waals surface area (Å²) in [5.74, 6) is 3.06. The van der Waals surface area contributed by atoms with Crippen LogP contribution in [0.25, 0.3) is 0 Å². The van der Waals surface area contributed by atoms with Gasteiger partial charge in [-0.3, -0.25) is 0 Å². The fraction of sp³-hybridized carbons (Fsp3) is 0.529. The molecule has 0 heteroatoms. The highest BCUT2D eigenvalue weighted by Crippen LogP contribution is 2.50. The second-order valence-electron chi connectivity index (χ2n) is 6.12. The zero-order chi connectivity index (χ0) is 12.2. The molecule has 3 aliphatic carbocycles. The lowest BCUT2D eigenvalue weighted by atomic mass is 9.78. The fourth-order valence-corrected chi connectivity index (χ4v) is 3.77. The van der Waals surface area contributed by atoms with Crippen molar-refractivity contribution in [1.29, 1.82) is 0 Å². The van der Waals surface area contributed by atoms with Crippen LogP contribution >= 0.6 is 0 Å². The van der Waals surface area contributed by atoms with Crippen molar-refractivity contribution in [2.24, 2.45) is 23.7 Å². The van der Waals surface area contributed by atoms with Crippen molar-refractivity contribution in [3.63, 3.8) is 0 Å². The highest BCUT2D eigenvalue weighted by molar-refractivity contribution is 5.40. The smallest absolute Gasteiger partial charge is 0.00954 e. The summed E-state index contributed by atoms with van der Waals surface area (Å²) in [5.41, 5.74) is 5.96. The Labute approximate surface area is 105 Å². The summed E-state index contributed by atoms with van der Waals surface area (Å²) >= 11 is 0. The molecule has 0 nitrogen and oxygen atoms in total. The quantitative estimate of drug-likeness (QED) is 0.563. The second-order valence-corrected chi connectivity index (χ2v) is 6.12. The Morgan fingerprint density at radius 1 is 0.647 bits per heavy atom. The molecule has 1 fully saturated rings. The number of hydrogen-bond donors (Lipinski definition) is 0. The minimum absolute atomic E-state index is 0.753. The van der Waals surface area contributed by atoms with E-state index in [0.717, 1.165) is 23.7 Å². The number of fused-ring (bicyclic) bond motifs is 3. The van der Waals surface area contributed by atoms with Crippen molar-refractivity contribution in [2.45, 2.75) is 34.1 Å². The first kappa shape index (κ1) is 11.1. The first-order chi connectivity index (χ1) is 8.06. The Morgan fingerprint density at radius 3 is 1.41 bits per heavy atom. The predicted molar refractivity (Wildman–Crippen MR) is 73.6 cm³/mol. The Bertz CT molecular complexity index is 426. The van der Waals surface area contributed by atoms with E-state index < -0.39 is 0 Å². The van der Waals surface area contributed by atoms with Crippen LogP contribution in [-0.4, -0.2) is 0 Å². The van der Waals surface area contributed by atoms with Gasteiger partial charge >= 0.3 is 0 Å². The van der Waals surface area contributed by atoms with Crippen LogP contribution in [-0.2, 0) is 0 Å². The van der Waals surface area contributed by atoms with E-state index in [1.54, 1.807) is 0 Å². The van der Waals surface area contributed by atoms with Gasteiger partial charge in [-0.25, -0.2) is 0 Å². The molecule has 0 spiro atoms. The molecule has 17 heavy (non-hydrogen) atoms. The molecule has 0 aromatic carbocycles. The van der Waals surface area contributed by atoms with Crippen LogP contribution in [0.4, 0.5) is 0 Å². The van der Waals surface area contributed by atoms with Crippen LogP contribution in [0, 0.1) is 23.7 Å². The molecule has 0 N–H and O–H groups in total. The van der Waals surface area contributed by atoms with Gasteiger partial charge in [0, 0.05) is 0 Å². The van der Waals surface area contributed by atoms with Gasteiger partial charge in [0.05, 0.1) is 0 Å². The van der Waals surface area contributed by atoms with Crippen LogP contribution in [0.3, 0.4) is 0 Å². The average molecular weight is 226 g/mol. The molecule has 3 rings (SSSR count). The van der Waals surface area contributed by atoms with Crippen LogP contribution in [0.2, 0.25) is 0 Å². The summed E-state index contributed by atoms with van der Waals surface area (Å²) in [6.07, 6.45) is 11.4. The van der Waals surface area contributed by atoms with E-state index in [-0.39, 0.29) is 0 Å². The molecule has 4 unspecified atom stereocenters. The van der Waals surface area contributed by atoms with E-state index >= 15 is 0 Å². The average Bonchev–Trinajstić information content (AvgIpc) is 2.58. The lowest BCUT2D eigenvalue weighted by Gasteiger charge is -2.27. The molecule has 1 saturated carbocycles. The standard InChI is InChI=1S/C17H22/c1-10-5-14-9-15-6-11(2)13(4)8-17(15)16(14)7-12(10)3/h5-8,14-17H,9H2,1-4H3. The molecule has 0 amide bonds. The van der Waals surface area contributed by atoms with E-state index in [2.05, 4.69) is 52.0 Å². The number of allylic oxidation sites excluding steroid dienone is 8. The molecule has 0 radical (unpaired) electrons. The van der Waals surface area contributed by atoms with Gasteiger partial charge in [-0.1, -0.05) is 46.6 Å². The Kier molecular flexibility index (Phi) is 2.43. The first-order valence-electron chi connectivity index (χ1n) is 6.80. The third-order valence-electron chi connectivity index (χ3n) is 5.03. The molecule has 0 aromatic rings. The van der Waals surface area contributed by atoms with Crippen molar-refractivity contribution in [3.05, 3.63) is 46.6 Å². The molecular weight excluding hydrogens is 204 g/mol. The highest BCUT2D eigenvalue weighted by Gasteiger charge is 2.41. The zero-order valence-electron chi connectivity index (χ0n) is 11.3. The number of hydrogen-bond acceptors (Lipinski definition) is 0. The Morgan fingerprint density at radius 2 is 1.00 bits per heavy atom. The maximum Gasteiger partial charge on any atom is -0.00954 e. The van der Waals surface area contributed by atoms with Gasteiger partial charge in [0.15, 0.2) is 0 Å². The van der Waals surface area contributed by atoms with E-state index in [1.807, 2.05) is 0 Å². The largest absolute Gasteiger partial charge is 0.0776 e. The minimum Gasteiger partial charge on any atom is -0.0776 e. The highest BCUT2D eigenvalue weighted by atomic mass is 14.5. The van der Waals surface area contributed by atoms with Gasteiger partial charge in [0.1, 0.15) is 0 Å². The molecule has 90 valence electrons. The van der Waals surface area contributed by atoms with Crippen LogP contribution in [0.1, 0.15) is 34.1 Å². The third kappa shape index (κ3) is 1.66. The third-order valence-corrected chi connectivity index (χ3v) is 5.03. The molecule has 0 aromatic heterocycles. The Hall–Kier alpha value is -1.04. The lowest BCUT2D eigenvalue weighted by molar-refractivity contribution is 0.453. The van der Waals surface area contributed by atoms with Crippen LogP contribution in [0.5, 0.6) is 0 Å². The Balaban J connectivity index is 1.97.